The Labute approximate surface area is 151 Å². The maximum atomic E-state index is 11.9. The van der Waals surface area contributed by atoms with E-state index < -0.39 is 48.3 Å². The van der Waals surface area contributed by atoms with Gasteiger partial charge in [0.15, 0.2) is 0 Å². The zero-order valence-corrected chi connectivity index (χ0v) is 15.0. The van der Waals surface area contributed by atoms with E-state index in [1.807, 2.05) is 0 Å². The highest BCUT2D eigenvalue weighted by Gasteiger charge is 2.26. The summed E-state index contributed by atoms with van der Waals surface area (Å²) in [4.78, 5) is 46.4. The zero-order chi connectivity index (χ0) is 19.7. The Balaban J connectivity index is 2.49. The van der Waals surface area contributed by atoms with E-state index in [1.54, 1.807) is 51.1 Å². The fourth-order valence-corrected chi connectivity index (χ4v) is 1.95. The molecular formula is C18H23NO7. The highest BCUT2D eigenvalue weighted by Crippen LogP contribution is 2.09. The first-order valence-corrected chi connectivity index (χ1v) is 8.00. The van der Waals surface area contributed by atoms with Crippen molar-refractivity contribution in [3.8, 4) is 0 Å². The van der Waals surface area contributed by atoms with Gasteiger partial charge in [0, 0.05) is 6.42 Å². The lowest BCUT2D eigenvalue weighted by Gasteiger charge is -2.19. The molecule has 0 saturated carbocycles. The van der Waals surface area contributed by atoms with Crippen LogP contribution in [0.15, 0.2) is 30.3 Å². The first kappa shape index (κ1) is 21.1. The number of benzene rings is 1. The summed E-state index contributed by atoms with van der Waals surface area (Å²) in [5.74, 6) is -2.81. The number of amides is 1. The molecule has 1 rings (SSSR count). The van der Waals surface area contributed by atoms with Crippen LogP contribution in [-0.4, -0.2) is 40.6 Å². The van der Waals surface area contributed by atoms with Gasteiger partial charge in [-0.25, -0.2) is 9.59 Å². The molecule has 8 heteroatoms. The zero-order valence-electron chi connectivity index (χ0n) is 15.0. The van der Waals surface area contributed by atoms with Crippen molar-refractivity contribution < 1.29 is 33.8 Å². The van der Waals surface area contributed by atoms with Crippen molar-refractivity contribution in [3.05, 3.63) is 35.9 Å². The van der Waals surface area contributed by atoms with Crippen molar-refractivity contribution in [3.63, 3.8) is 0 Å². The number of hydrogen-bond acceptors (Lipinski definition) is 6. The molecule has 2 N–H and O–H groups in total. The molecule has 142 valence electrons. The summed E-state index contributed by atoms with van der Waals surface area (Å²) in [6.45, 7) is 4.92. The van der Waals surface area contributed by atoms with Gasteiger partial charge < -0.3 is 19.9 Å². The van der Waals surface area contributed by atoms with Crippen molar-refractivity contribution in [2.45, 2.75) is 51.9 Å². The predicted molar refractivity (Wildman–Crippen MR) is 91.3 cm³/mol. The third-order valence-corrected chi connectivity index (χ3v) is 3.00. The Morgan fingerprint density at radius 2 is 1.73 bits per heavy atom. The second-order valence-corrected chi connectivity index (χ2v) is 6.60. The Kier molecular flexibility index (Phi) is 7.77. The lowest BCUT2D eigenvalue weighted by atomic mass is 10.1. The molecule has 1 amide bonds. The van der Waals surface area contributed by atoms with Crippen molar-refractivity contribution in [2.75, 3.05) is 0 Å². The van der Waals surface area contributed by atoms with Crippen molar-refractivity contribution in [1.82, 2.24) is 5.32 Å². The van der Waals surface area contributed by atoms with Crippen LogP contribution in [0.4, 0.5) is 4.79 Å². The summed E-state index contributed by atoms with van der Waals surface area (Å²) >= 11 is 0. The predicted octanol–water partition coefficient (Wildman–Crippen LogP) is 2.06. The number of ether oxygens (including phenoxy) is 2. The van der Waals surface area contributed by atoms with E-state index in [0.29, 0.717) is 0 Å². The van der Waals surface area contributed by atoms with Crippen LogP contribution in [0.2, 0.25) is 0 Å². The quantitative estimate of drug-likeness (QED) is 0.534. The molecule has 0 heterocycles. The Morgan fingerprint density at radius 1 is 1.12 bits per heavy atom. The third-order valence-electron chi connectivity index (χ3n) is 3.00. The van der Waals surface area contributed by atoms with Crippen LogP contribution >= 0.6 is 0 Å². The molecule has 0 fully saturated rings. The second kappa shape index (κ2) is 9.55. The number of aliphatic carboxylic acids is 1. The molecule has 0 spiro atoms. The maximum absolute atomic E-state index is 11.9. The molecule has 1 aromatic rings. The van der Waals surface area contributed by atoms with Crippen LogP contribution in [0.1, 0.15) is 39.2 Å². The summed E-state index contributed by atoms with van der Waals surface area (Å²) < 4.78 is 9.92. The number of carboxylic acid groups (broad SMARTS) is 1. The fraction of sp³-hybridized carbons (Fsp3) is 0.444. The maximum Gasteiger partial charge on any atom is 0.408 e. The molecule has 1 atom stereocenters. The normalized spacial score (nSPS) is 12.0. The van der Waals surface area contributed by atoms with E-state index in [1.165, 1.54) is 0 Å². The smallest absolute Gasteiger partial charge is 0.408 e. The van der Waals surface area contributed by atoms with E-state index in [2.05, 4.69) is 5.32 Å². The number of ketones is 1. The standard InChI is InChI=1S/C18H23NO7/c1-18(2,3)26-15(21)10-13(20)9-14(16(22)23)19-17(24)25-11-12-7-5-4-6-8-12/h4-8,14H,9-11H2,1-3H3,(H,19,24)(H,22,23). The average Bonchev–Trinajstić information content (AvgIpc) is 2.51. The minimum atomic E-state index is -1.49. The largest absolute Gasteiger partial charge is 0.480 e. The average molecular weight is 365 g/mol. The van der Waals surface area contributed by atoms with Crippen molar-refractivity contribution in [1.29, 1.82) is 0 Å². The minimum absolute atomic E-state index is 0.0368. The first-order chi connectivity index (χ1) is 12.1. The number of alkyl carbamates (subject to hydrolysis) is 1. The van der Waals surface area contributed by atoms with Gasteiger partial charge in [0.1, 0.15) is 30.5 Å². The van der Waals surface area contributed by atoms with E-state index in [-0.39, 0.29) is 6.61 Å². The van der Waals surface area contributed by atoms with Gasteiger partial charge in [-0.05, 0) is 26.3 Å². The number of Topliss-reactive ketones (excluding diaryl/α,β-unsaturated/α-hetero) is 1. The van der Waals surface area contributed by atoms with Crippen LogP contribution in [0, 0.1) is 0 Å². The van der Waals surface area contributed by atoms with Crippen LogP contribution in [0.25, 0.3) is 0 Å². The molecule has 0 bridgehead atoms. The van der Waals surface area contributed by atoms with E-state index in [0.717, 1.165) is 5.56 Å². The van der Waals surface area contributed by atoms with E-state index in [9.17, 15) is 19.2 Å². The van der Waals surface area contributed by atoms with E-state index in [4.69, 9.17) is 14.6 Å². The monoisotopic (exact) mass is 365 g/mol. The molecule has 0 aliphatic carbocycles. The molecule has 0 aliphatic heterocycles. The topological polar surface area (TPSA) is 119 Å². The second-order valence-electron chi connectivity index (χ2n) is 6.60. The number of carboxylic acids is 1. The van der Waals surface area contributed by atoms with Gasteiger partial charge in [-0.3, -0.25) is 9.59 Å². The Morgan fingerprint density at radius 3 is 2.27 bits per heavy atom. The molecule has 0 aromatic heterocycles. The molecule has 8 nitrogen and oxygen atoms in total. The number of hydrogen-bond donors (Lipinski definition) is 2. The summed E-state index contributed by atoms with van der Waals surface area (Å²) in [5.41, 5.74) is -0.0150. The SMILES string of the molecule is CC(C)(C)OC(=O)CC(=O)CC(NC(=O)OCc1ccccc1)C(=O)O. The molecule has 0 aliphatic rings. The minimum Gasteiger partial charge on any atom is -0.480 e. The number of esters is 1. The summed E-state index contributed by atoms with van der Waals surface area (Å²) in [6.07, 6.45) is -2.08. The highest BCUT2D eigenvalue weighted by atomic mass is 16.6. The molecular weight excluding hydrogens is 342 g/mol. The number of nitrogens with one attached hydrogen (secondary N) is 1. The number of carbonyl (C=O) groups excluding carboxylic acids is 3. The van der Waals surface area contributed by atoms with Crippen LogP contribution in [0.5, 0.6) is 0 Å². The first-order valence-electron chi connectivity index (χ1n) is 8.00. The fourth-order valence-electron chi connectivity index (χ4n) is 1.95. The molecule has 1 unspecified atom stereocenters. The third kappa shape index (κ3) is 8.81. The lowest BCUT2D eigenvalue weighted by molar-refractivity contribution is -0.156. The van der Waals surface area contributed by atoms with Crippen LogP contribution < -0.4 is 5.32 Å². The Bertz CT molecular complexity index is 649. The van der Waals surface area contributed by atoms with Crippen molar-refractivity contribution >= 4 is 23.8 Å². The summed E-state index contributed by atoms with van der Waals surface area (Å²) in [7, 11) is 0. The summed E-state index contributed by atoms with van der Waals surface area (Å²) in [6, 6.07) is 7.34. The van der Waals surface area contributed by atoms with E-state index >= 15 is 0 Å². The highest BCUT2D eigenvalue weighted by molar-refractivity contribution is 5.98. The molecule has 0 saturated heterocycles. The van der Waals surface area contributed by atoms with Crippen molar-refractivity contribution in [2.24, 2.45) is 0 Å². The Hall–Kier alpha value is -2.90. The van der Waals surface area contributed by atoms with Gasteiger partial charge in [0.25, 0.3) is 0 Å². The molecule has 1 aromatic carbocycles. The molecule has 0 radical (unpaired) electrons. The lowest BCUT2D eigenvalue weighted by Crippen LogP contribution is -2.42. The van der Waals surface area contributed by atoms with Gasteiger partial charge in [0.05, 0.1) is 0 Å². The van der Waals surface area contributed by atoms with Crippen LogP contribution in [-0.2, 0) is 30.5 Å². The van der Waals surface area contributed by atoms with Gasteiger partial charge in [-0.1, -0.05) is 30.3 Å². The van der Waals surface area contributed by atoms with Gasteiger partial charge in [-0.2, -0.15) is 0 Å². The number of rotatable bonds is 8. The van der Waals surface area contributed by atoms with Gasteiger partial charge in [0.2, 0.25) is 0 Å². The van der Waals surface area contributed by atoms with Gasteiger partial charge in [-0.15, -0.1) is 0 Å². The van der Waals surface area contributed by atoms with Crippen LogP contribution in [0.3, 0.4) is 0 Å². The summed E-state index contributed by atoms with van der Waals surface area (Å²) in [5, 5.41) is 11.2. The van der Waals surface area contributed by atoms with Gasteiger partial charge >= 0.3 is 18.0 Å². The molecule has 26 heavy (non-hydrogen) atoms. The number of carbonyl (C=O) groups is 4.